The Bertz CT molecular complexity index is 1750. The van der Waals surface area contributed by atoms with Gasteiger partial charge in [0.25, 0.3) is 0 Å². The first-order valence-corrected chi connectivity index (χ1v) is 13.8. The minimum atomic E-state index is -0.651. The lowest BCUT2D eigenvalue weighted by Crippen LogP contribution is -2.28. The van der Waals surface area contributed by atoms with Gasteiger partial charge in [-0.2, -0.15) is 4.98 Å². The lowest BCUT2D eigenvalue weighted by molar-refractivity contribution is -0.118. The molecular formula is C28H27FN10O3. The molecule has 0 aromatic carbocycles. The molecule has 214 valence electrons. The standard InChI is InChI=1S/C28H27FN10O3/c1-14-4-6-30-23(33-14)18-9-19(18)26(41)37-27-32-10-20(29)24(36-27)31-7-5-17-12-38-11-16(15-2-3-15)8-21(25(38)34-17)39-13-22(40)35-28(39)42/h4,6,8,10-12,15,18-19H,2-3,5,7,9,13H2,1H3,(H,35,40,42)(H2,31,32,36,37,41). The fourth-order valence-corrected chi connectivity index (χ4v) is 5.23. The average Bonchev–Trinajstić information content (AvgIpc) is 3.88. The molecule has 1 aliphatic heterocycles. The molecule has 3 aliphatic rings. The van der Waals surface area contributed by atoms with Gasteiger partial charge < -0.3 is 9.72 Å². The fraction of sp³-hybridized carbons (Fsp3) is 0.357. The number of carbonyl (C=O) groups is 3. The molecule has 2 saturated carbocycles. The molecule has 2 atom stereocenters. The van der Waals surface area contributed by atoms with E-state index < -0.39 is 11.8 Å². The van der Waals surface area contributed by atoms with Crippen LogP contribution >= 0.6 is 0 Å². The Balaban J connectivity index is 1.02. The molecule has 3 fully saturated rings. The highest BCUT2D eigenvalue weighted by atomic mass is 19.1. The molecule has 4 aromatic heterocycles. The van der Waals surface area contributed by atoms with E-state index in [9.17, 15) is 18.8 Å². The first-order valence-electron chi connectivity index (χ1n) is 13.8. The molecule has 14 heteroatoms. The van der Waals surface area contributed by atoms with Crippen LogP contribution in [0.15, 0.2) is 36.9 Å². The van der Waals surface area contributed by atoms with Crippen molar-refractivity contribution in [3.05, 3.63) is 65.5 Å². The van der Waals surface area contributed by atoms with Gasteiger partial charge in [-0.05, 0) is 49.8 Å². The summed E-state index contributed by atoms with van der Waals surface area (Å²) in [5.41, 5.74) is 3.78. The molecule has 3 N–H and O–H groups in total. The molecule has 5 heterocycles. The number of pyridine rings is 1. The Morgan fingerprint density at radius 2 is 2.02 bits per heavy atom. The van der Waals surface area contributed by atoms with Gasteiger partial charge in [-0.3, -0.25) is 25.1 Å². The number of amides is 4. The molecule has 0 spiro atoms. The van der Waals surface area contributed by atoms with Crippen LogP contribution in [0.2, 0.25) is 0 Å². The molecule has 4 amide bonds. The van der Waals surface area contributed by atoms with Crippen molar-refractivity contribution in [2.45, 2.75) is 44.4 Å². The maximum absolute atomic E-state index is 14.5. The predicted molar refractivity (Wildman–Crippen MR) is 148 cm³/mol. The molecule has 4 aromatic rings. The topological polar surface area (TPSA) is 159 Å². The molecule has 42 heavy (non-hydrogen) atoms. The number of fused-ring (bicyclic) bond motifs is 1. The second-order valence-electron chi connectivity index (χ2n) is 10.9. The highest BCUT2D eigenvalue weighted by Gasteiger charge is 2.46. The van der Waals surface area contributed by atoms with Gasteiger partial charge in [-0.25, -0.2) is 29.1 Å². The number of aryl methyl sites for hydroxylation is 1. The first-order chi connectivity index (χ1) is 20.3. The van der Waals surface area contributed by atoms with E-state index in [-0.39, 0.29) is 42.0 Å². The van der Waals surface area contributed by atoms with E-state index in [4.69, 9.17) is 4.98 Å². The maximum atomic E-state index is 14.5. The van der Waals surface area contributed by atoms with Crippen LogP contribution in [0.4, 0.5) is 26.6 Å². The van der Waals surface area contributed by atoms with Gasteiger partial charge in [0.15, 0.2) is 17.3 Å². The molecule has 13 nitrogen and oxygen atoms in total. The average molecular weight is 571 g/mol. The summed E-state index contributed by atoms with van der Waals surface area (Å²) < 4.78 is 16.4. The van der Waals surface area contributed by atoms with Crippen LogP contribution in [0.25, 0.3) is 5.65 Å². The zero-order valence-corrected chi connectivity index (χ0v) is 22.7. The summed E-state index contributed by atoms with van der Waals surface area (Å²) >= 11 is 0. The zero-order chi connectivity index (χ0) is 29.0. The minimum absolute atomic E-state index is 0.00289. The minimum Gasteiger partial charge on any atom is -0.367 e. The fourth-order valence-electron chi connectivity index (χ4n) is 5.23. The Kier molecular flexibility index (Phi) is 6.25. The molecule has 2 aliphatic carbocycles. The number of urea groups is 1. The SMILES string of the molecule is Cc1ccnc(C2CC2C(=O)Nc2ncc(F)c(NCCc3cn4cc(C5CC5)cc(N5CC(=O)NC5=O)c4n3)n2)n1. The van der Waals surface area contributed by atoms with Crippen molar-refractivity contribution in [2.24, 2.45) is 5.92 Å². The van der Waals surface area contributed by atoms with Gasteiger partial charge >= 0.3 is 6.03 Å². The third-order valence-electron chi connectivity index (χ3n) is 7.66. The van der Waals surface area contributed by atoms with Crippen LogP contribution in [0, 0.1) is 18.7 Å². The van der Waals surface area contributed by atoms with Crippen molar-refractivity contribution in [3.8, 4) is 0 Å². The molecule has 1 saturated heterocycles. The van der Waals surface area contributed by atoms with Gasteiger partial charge in [0.1, 0.15) is 12.4 Å². The van der Waals surface area contributed by atoms with Gasteiger partial charge in [-0.1, -0.05) is 0 Å². The van der Waals surface area contributed by atoms with Crippen LogP contribution < -0.4 is 20.9 Å². The van der Waals surface area contributed by atoms with E-state index in [0.29, 0.717) is 48.2 Å². The van der Waals surface area contributed by atoms with Crippen molar-refractivity contribution in [1.82, 2.24) is 34.6 Å². The number of imidazole rings is 1. The number of hydrogen-bond acceptors (Lipinski definition) is 9. The van der Waals surface area contributed by atoms with E-state index in [1.807, 2.05) is 29.8 Å². The Morgan fingerprint density at radius 3 is 2.79 bits per heavy atom. The van der Waals surface area contributed by atoms with Crippen LogP contribution in [-0.2, 0) is 16.0 Å². The van der Waals surface area contributed by atoms with Gasteiger partial charge in [0.05, 0.1) is 17.6 Å². The Morgan fingerprint density at radius 1 is 1.17 bits per heavy atom. The van der Waals surface area contributed by atoms with Crippen LogP contribution in [0.1, 0.15) is 53.9 Å². The number of rotatable bonds is 9. The van der Waals surface area contributed by atoms with E-state index >= 15 is 0 Å². The lowest BCUT2D eigenvalue weighted by atomic mass is 10.1. The Hall–Kier alpha value is -5.01. The summed E-state index contributed by atoms with van der Waals surface area (Å²) in [6, 6.07) is 3.27. The summed E-state index contributed by atoms with van der Waals surface area (Å²) in [5.74, 6) is -0.590. The lowest BCUT2D eigenvalue weighted by Gasteiger charge is -2.15. The summed E-state index contributed by atoms with van der Waals surface area (Å²) in [6.45, 7) is 2.12. The predicted octanol–water partition coefficient (Wildman–Crippen LogP) is 2.69. The highest BCUT2D eigenvalue weighted by Crippen LogP contribution is 2.46. The number of halogens is 1. The first kappa shape index (κ1) is 25.9. The van der Waals surface area contributed by atoms with E-state index in [0.717, 1.165) is 30.3 Å². The van der Waals surface area contributed by atoms with Gasteiger partial charge in [-0.15, -0.1) is 0 Å². The monoisotopic (exact) mass is 570 g/mol. The highest BCUT2D eigenvalue weighted by molar-refractivity contribution is 6.13. The Labute approximate surface area is 239 Å². The van der Waals surface area contributed by atoms with Crippen molar-refractivity contribution in [2.75, 3.05) is 28.6 Å². The molecule has 2 unspecified atom stereocenters. The largest absolute Gasteiger partial charge is 0.367 e. The number of aromatic nitrogens is 6. The second kappa shape index (κ2) is 10.1. The van der Waals surface area contributed by atoms with E-state index in [1.54, 1.807) is 12.3 Å². The van der Waals surface area contributed by atoms with Crippen molar-refractivity contribution in [1.29, 1.82) is 0 Å². The van der Waals surface area contributed by atoms with Gasteiger partial charge in [0.2, 0.25) is 17.8 Å². The summed E-state index contributed by atoms with van der Waals surface area (Å²) in [4.78, 5) is 59.8. The number of carbonyl (C=O) groups excluding carboxylic acids is 3. The molecule has 0 radical (unpaired) electrons. The van der Waals surface area contributed by atoms with Crippen LogP contribution in [-0.4, -0.2) is 60.3 Å². The smallest absolute Gasteiger partial charge is 0.329 e. The zero-order valence-electron chi connectivity index (χ0n) is 22.7. The number of imide groups is 1. The normalized spacial score (nSPS) is 19.7. The van der Waals surface area contributed by atoms with E-state index in [1.165, 1.54) is 4.90 Å². The van der Waals surface area contributed by atoms with E-state index in [2.05, 4.69) is 35.9 Å². The third kappa shape index (κ3) is 5.10. The van der Waals surface area contributed by atoms with Crippen molar-refractivity contribution >= 4 is 40.9 Å². The number of nitrogens with one attached hydrogen (secondary N) is 3. The molecule has 7 rings (SSSR count). The van der Waals surface area contributed by atoms with Crippen molar-refractivity contribution in [3.63, 3.8) is 0 Å². The summed E-state index contributed by atoms with van der Waals surface area (Å²) in [5, 5.41) is 7.95. The second-order valence-corrected chi connectivity index (χ2v) is 10.9. The summed E-state index contributed by atoms with van der Waals surface area (Å²) in [7, 11) is 0. The van der Waals surface area contributed by atoms with Gasteiger partial charge in [0, 0.05) is 49.1 Å². The van der Waals surface area contributed by atoms with Crippen molar-refractivity contribution < 1.29 is 18.8 Å². The third-order valence-corrected chi connectivity index (χ3v) is 7.66. The number of hydrogen-bond donors (Lipinski definition) is 3. The van der Waals surface area contributed by atoms with Crippen LogP contribution in [0.5, 0.6) is 0 Å². The number of nitrogens with zero attached hydrogens (tertiary/aromatic N) is 7. The summed E-state index contributed by atoms with van der Waals surface area (Å²) in [6.07, 6.45) is 9.78. The molecule has 0 bridgehead atoms. The molecular weight excluding hydrogens is 543 g/mol. The number of anilines is 3. The maximum Gasteiger partial charge on any atom is 0.329 e. The van der Waals surface area contributed by atoms with Crippen LogP contribution in [0.3, 0.4) is 0 Å². The quantitative estimate of drug-likeness (QED) is 0.257.